The van der Waals surface area contributed by atoms with Crippen molar-refractivity contribution < 1.29 is 19.4 Å². The fourth-order valence-electron chi connectivity index (χ4n) is 2.64. The van der Waals surface area contributed by atoms with Gasteiger partial charge in [-0.2, -0.15) is 5.10 Å². The molecule has 6 nitrogen and oxygen atoms in total. The van der Waals surface area contributed by atoms with E-state index < -0.39 is 5.97 Å². The summed E-state index contributed by atoms with van der Waals surface area (Å²) in [6.07, 6.45) is 0. The Morgan fingerprint density at radius 3 is 2.44 bits per heavy atom. The Morgan fingerprint density at radius 1 is 1.04 bits per heavy atom. The van der Waals surface area contributed by atoms with Crippen molar-refractivity contribution in [2.24, 2.45) is 0 Å². The van der Waals surface area contributed by atoms with Gasteiger partial charge in [-0.15, -0.1) is 0 Å². The van der Waals surface area contributed by atoms with Gasteiger partial charge in [0.2, 0.25) is 0 Å². The average molecular weight is 338 g/mol. The maximum Gasteiger partial charge on any atom is 0.356 e. The second-order valence-corrected chi connectivity index (χ2v) is 5.54. The van der Waals surface area contributed by atoms with Crippen molar-refractivity contribution in [1.29, 1.82) is 0 Å². The summed E-state index contributed by atoms with van der Waals surface area (Å²) in [5, 5.41) is 13.6. The number of carboxylic acid groups (broad SMARTS) is 1. The Morgan fingerprint density at radius 2 is 1.80 bits per heavy atom. The Hall–Kier alpha value is -3.28. The lowest BCUT2D eigenvalue weighted by Gasteiger charge is -2.11. The molecule has 25 heavy (non-hydrogen) atoms. The van der Waals surface area contributed by atoms with Gasteiger partial charge in [-0.1, -0.05) is 12.1 Å². The fourth-order valence-corrected chi connectivity index (χ4v) is 2.64. The normalized spacial score (nSPS) is 10.5. The monoisotopic (exact) mass is 338 g/mol. The van der Waals surface area contributed by atoms with Gasteiger partial charge in [-0.05, 0) is 48.9 Å². The van der Waals surface area contributed by atoms with Crippen molar-refractivity contribution in [2.45, 2.75) is 6.92 Å². The zero-order valence-electron chi connectivity index (χ0n) is 14.2. The van der Waals surface area contributed by atoms with Gasteiger partial charge in [-0.25, -0.2) is 9.48 Å². The smallest absolute Gasteiger partial charge is 0.356 e. The second kappa shape index (κ2) is 6.68. The van der Waals surface area contributed by atoms with E-state index in [0.29, 0.717) is 17.2 Å². The lowest BCUT2D eigenvalue weighted by Crippen LogP contribution is -2.02. The number of aromatic carboxylic acids is 1. The highest BCUT2D eigenvalue weighted by Gasteiger charge is 2.17. The number of ether oxygens (including phenoxy) is 2. The predicted molar refractivity (Wildman–Crippen MR) is 93.8 cm³/mol. The van der Waals surface area contributed by atoms with Crippen LogP contribution in [0.1, 0.15) is 16.1 Å². The van der Waals surface area contributed by atoms with Crippen LogP contribution in [0.4, 0.5) is 0 Å². The fraction of sp³-hybridized carbons (Fsp3) is 0.158. The number of aromatic nitrogens is 2. The van der Waals surface area contributed by atoms with E-state index in [4.69, 9.17) is 9.47 Å². The SMILES string of the molecule is COc1ccc(-c2cc(C(=O)O)nn2-c2cccc(C)c2)cc1OC. The molecule has 0 atom stereocenters. The summed E-state index contributed by atoms with van der Waals surface area (Å²) in [5.41, 5.74) is 3.26. The van der Waals surface area contributed by atoms with E-state index in [1.165, 1.54) is 0 Å². The maximum atomic E-state index is 11.4. The average Bonchev–Trinajstić information content (AvgIpc) is 3.07. The first-order valence-corrected chi connectivity index (χ1v) is 7.66. The number of aryl methyl sites for hydroxylation is 1. The van der Waals surface area contributed by atoms with Gasteiger partial charge in [0, 0.05) is 5.56 Å². The summed E-state index contributed by atoms with van der Waals surface area (Å²) < 4.78 is 12.2. The van der Waals surface area contributed by atoms with Gasteiger partial charge in [0.1, 0.15) is 0 Å². The summed E-state index contributed by atoms with van der Waals surface area (Å²) in [6, 6.07) is 14.7. The largest absolute Gasteiger partial charge is 0.493 e. The molecule has 3 rings (SSSR count). The van der Waals surface area contributed by atoms with E-state index in [9.17, 15) is 9.90 Å². The summed E-state index contributed by atoms with van der Waals surface area (Å²) in [7, 11) is 3.12. The number of carbonyl (C=O) groups is 1. The highest BCUT2D eigenvalue weighted by Crippen LogP contribution is 2.33. The molecule has 0 amide bonds. The van der Waals surface area contributed by atoms with Gasteiger partial charge in [0.15, 0.2) is 17.2 Å². The molecule has 3 aromatic rings. The number of carboxylic acids is 1. The molecule has 0 aliphatic carbocycles. The molecule has 0 aliphatic heterocycles. The molecular formula is C19H18N2O4. The molecule has 1 heterocycles. The molecule has 0 aliphatic rings. The quantitative estimate of drug-likeness (QED) is 0.770. The van der Waals surface area contributed by atoms with Crippen LogP contribution in [-0.4, -0.2) is 35.1 Å². The first-order chi connectivity index (χ1) is 12.0. The number of nitrogens with zero attached hydrogens (tertiary/aromatic N) is 2. The third-order valence-corrected chi connectivity index (χ3v) is 3.85. The Balaban J connectivity index is 2.20. The summed E-state index contributed by atoms with van der Waals surface area (Å²) in [4.78, 5) is 11.4. The van der Waals surface area contributed by atoms with Crippen LogP contribution in [0.25, 0.3) is 16.9 Å². The van der Waals surface area contributed by atoms with Crippen LogP contribution in [0.5, 0.6) is 11.5 Å². The molecule has 0 fully saturated rings. The molecule has 0 unspecified atom stereocenters. The van der Waals surface area contributed by atoms with E-state index in [2.05, 4.69) is 5.10 Å². The van der Waals surface area contributed by atoms with Gasteiger partial charge in [0.25, 0.3) is 0 Å². The second-order valence-electron chi connectivity index (χ2n) is 5.54. The zero-order valence-corrected chi connectivity index (χ0v) is 14.2. The molecule has 128 valence electrons. The predicted octanol–water partition coefficient (Wildman–Crippen LogP) is 3.56. The van der Waals surface area contributed by atoms with E-state index in [-0.39, 0.29) is 5.69 Å². The van der Waals surface area contributed by atoms with Gasteiger partial charge in [-0.3, -0.25) is 0 Å². The van der Waals surface area contributed by atoms with Crippen LogP contribution in [0.2, 0.25) is 0 Å². The molecule has 1 N–H and O–H groups in total. The summed E-state index contributed by atoms with van der Waals surface area (Å²) >= 11 is 0. The highest BCUT2D eigenvalue weighted by atomic mass is 16.5. The minimum atomic E-state index is -1.08. The third-order valence-electron chi connectivity index (χ3n) is 3.85. The van der Waals surface area contributed by atoms with E-state index in [0.717, 1.165) is 16.8 Å². The maximum absolute atomic E-state index is 11.4. The first-order valence-electron chi connectivity index (χ1n) is 7.66. The van der Waals surface area contributed by atoms with Crippen LogP contribution in [0, 0.1) is 6.92 Å². The molecule has 2 aromatic carbocycles. The van der Waals surface area contributed by atoms with Crippen LogP contribution < -0.4 is 9.47 Å². The van der Waals surface area contributed by atoms with E-state index in [1.807, 2.05) is 37.3 Å². The van der Waals surface area contributed by atoms with Gasteiger partial charge >= 0.3 is 5.97 Å². The van der Waals surface area contributed by atoms with Crippen LogP contribution >= 0.6 is 0 Å². The first kappa shape index (κ1) is 16.6. The Kier molecular flexibility index (Phi) is 4.43. The minimum Gasteiger partial charge on any atom is -0.493 e. The Bertz CT molecular complexity index is 931. The van der Waals surface area contributed by atoms with Crippen LogP contribution in [0.15, 0.2) is 48.5 Å². The van der Waals surface area contributed by atoms with E-state index in [1.54, 1.807) is 37.1 Å². The third kappa shape index (κ3) is 3.19. The van der Waals surface area contributed by atoms with Crippen molar-refractivity contribution in [3.8, 4) is 28.4 Å². The van der Waals surface area contributed by atoms with Gasteiger partial charge in [0.05, 0.1) is 25.6 Å². The van der Waals surface area contributed by atoms with Crippen molar-refractivity contribution in [1.82, 2.24) is 9.78 Å². The van der Waals surface area contributed by atoms with Crippen LogP contribution in [0.3, 0.4) is 0 Å². The van der Waals surface area contributed by atoms with Crippen molar-refractivity contribution in [2.75, 3.05) is 14.2 Å². The minimum absolute atomic E-state index is 0.0220. The number of hydrogen-bond acceptors (Lipinski definition) is 4. The molecule has 0 saturated heterocycles. The topological polar surface area (TPSA) is 73.6 Å². The number of rotatable bonds is 5. The van der Waals surface area contributed by atoms with Crippen LogP contribution in [-0.2, 0) is 0 Å². The van der Waals surface area contributed by atoms with Gasteiger partial charge < -0.3 is 14.6 Å². The van der Waals surface area contributed by atoms with Crippen molar-refractivity contribution in [3.05, 3.63) is 59.8 Å². The molecule has 0 radical (unpaired) electrons. The molecule has 1 aromatic heterocycles. The van der Waals surface area contributed by atoms with E-state index >= 15 is 0 Å². The number of hydrogen-bond donors (Lipinski definition) is 1. The number of methoxy groups -OCH3 is 2. The van der Waals surface area contributed by atoms with Crippen molar-refractivity contribution >= 4 is 5.97 Å². The Labute approximate surface area is 145 Å². The zero-order chi connectivity index (χ0) is 18.0. The van der Waals surface area contributed by atoms with Crippen molar-refractivity contribution in [3.63, 3.8) is 0 Å². The summed E-state index contributed by atoms with van der Waals surface area (Å²) in [5.74, 6) is 0.0910. The summed E-state index contributed by atoms with van der Waals surface area (Å²) in [6.45, 7) is 1.97. The lowest BCUT2D eigenvalue weighted by atomic mass is 10.1. The highest BCUT2D eigenvalue weighted by molar-refractivity contribution is 5.87. The molecular weight excluding hydrogens is 320 g/mol. The molecule has 0 saturated carbocycles. The molecule has 0 spiro atoms. The number of benzene rings is 2. The lowest BCUT2D eigenvalue weighted by molar-refractivity contribution is 0.0690. The molecule has 6 heteroatoms. The molecule has 0 bridgehead atoms. The standard InChI is InChI=1S/C19H18N2O4/c1-12-5-4-6-14(9-12)21-16(11-15(20-21)19(22)23)13-7-8-17(24-2)18(10-13)25-3/h4-11H,1-3H3,(H,22,23).